The smallest absolute Gasteiger partial charge is 0.0541 e. The summed E-state index contributed by atoms with van der Waals surface area (Å²) in [6, 6.07) is 78.8. The standard InChI is InChI=1S/C52H36N2/c1-3-13-37(14-4-1)39-23-29-44(30-24-39)53(46-33-25-38-15-7-8-16-41(38)35-46)45-31-26-40(27-32-45)47-19-9-10-20-48(47)42-28-34-52-50(36-42)49-21-11-12-22-51(49)54(52)43-17-5-2-6-18-43/h1-36H. The molecule has 254 valence electrons. The van der Waals surface area contributed by atoms with E-state index < -0.39 is 0 Å². The van der Waals surface area contributed by atoms with E-state index in [1.807, 2.05) is 0 Å². The second-order valence-electron chi connectivity index (χ2n) is 13.8. The Balaban J connectivity index is 1.05. The third-order valence-electron chi connectivity index (χ3n) is 10.6. The van der Waals surface area contributed by atoms with Gasteiger partial charge in [-0.2, -0.15) is 0 Å². The second-order valence-corrected chi connectivity index (χ2v) is 13.8. The molecule has 0 amide bonds. The van der Waals surface area contributed by atoms with Gasteiger partial charge in [-0.1, -0.05) is 152 Å². The van der Waals surface area contributed by atoms with Gasteiger partial charge in [0.2, 0.25) is 0 Å². The van der Waals surface area contributed by atoms with Crippen LogP contribution < -0.4 is 4.90 Å². The molecule has 0 atom stereocenters. The highest BCUT2D eigenvalue weighted by molar-refractivity contribution is 6.10. The van der Waals surface area contributed by atoms with Gasteiger partial charge in [0.15, 0.2) is 0 Å². The highest BCUT2D eigenvalue weighted by atomic mass is 15.1. The molecule has 10 rings (SSSR count). The molecular weight excluding hydrogens is 653 g/mol. The fourth-order valence-corrected chi connectivity index (χ4v) is 7.97. The molecule has 2 nitrogen and oxygen atoms in total. The predicted octanol–water partition coefficient (Wildman–Crippen LogP) is 14.4. The van der Waals surface area contributed by atoms with E-state index in [9.17, 15) is 0 Å². The van der Waals surface area contributed by atoms with Gasteiger partial charge in [-0.25, -0.2) is 0 Å². The molecule has 0 saturated heterocycles. The molecular formula is C52H36N2. The summed E-state index contributed by atoms with van der Waals surface area (Å²) in [5.74, 6) is 0. The summed E-state index contributed by atoms with van der Waals surface area (Å²) in [6.07, 6.45) is 0. The largest absolute Gasteiger partial charge is 0.310 e. The van der Waals surface area contributed by atoms with Gasteiger partial charge in [0, 0.05) is 33.5 Å². The number of nitrogens with zero attached hydrogens (tertiary/aromatic N) is 2. The summed E-state index contributed by atoms with van der Waals surface area (Å²) in [6.45, 7) is 0. The fraction of sp³-hybridized carbons (Fsp3) is 0. The molecule has 0 saturated carbocycles. The molecule has 0 radical (unpaired) electrons. The zero-order chi connectivity index (χ0) is 35.8. The van der Waals surface area contributed by atoms with Crippen molar-refractivity contribution in [2.75, 3.05) is 4.90 Å². The lowest BCUT2D eigenvalue weighted by Crippen LogP contribution is -2.09. The van der Waals surface area contributed by atoms with Crippen molar-refractivity contribution in [3.63, 3.8) is 0 Å². The van der Waals surface area contributed by atoms with Crippen LogP contribution in [0.15, 0.2) is 218 Å². The average molecular weight is 689 g/mol. The maximum atomic E-state index is 2.37. The highest BCUT2D eigenvalue weighted by Gasteiger charge is 2.17. The molecule has 2 heteroatoms. The lowest BCUT2D eigenvalue weighted by Gasteiger charge is -2.26. The van der Waals surface area contributed by atoms with Gasteiger partial charge in [0.1, 0.15) is 0 Å². The van der Waals surface area contributed by atoms with Gasteiger partial charge >= 0.3 is 0 Å². The van der Waals surface area contributed by atoms with Gasteiger partial charge in [0.25, 0.3) is 0 Å². The van der Waals surface area contributed by atoms with Crippen LogP contribution in [0, 0.1) is 0 Å². The van der Waals surface area contributed by atoms with Crippen molar-refractivity contribution < 1.29 is 0 Å². The summed E-state index contributed by atoms with van der Waals surface area (Å²) in [5.41, 5.74) is 14.1. The molecule has 1 heterocycles. The Labute approximate surface area is 315 Å². The molecule has 0 fully saturated rings. The number of rotatable bonds is 7. The SMILES string of the molecule is c1ccc(-c2ccc(N(c3ccc(-c4ccccc4-c4ccc5c(c4)c4ccccc4n5-c4ccccc4)cc3)c3ccc4ccccc4c3)cc2)cc1. The highest BCUT2D eigenvalue weighted by Crippen LogP contribution is 2.41. The summed E-state index contributed by atoms with van der Waals surface area (Å²) < 4.78 is 2.37. The second kappa shape index (κ2) is 13.4. The molecule has 9 aromatic carbocycles. The van der Waals surface area contributed by atoms with E-state index >= 15 is 0 Å². The van der Waals surface area contributed by atoms with Crippen molar-refractivity contribution in [3.05, 3.63) is 218 Å². The number of para-hydroxylation sites is 2. The average Bonchev–Trinajstić information content (AvgIpc) is 3.58. The molecule has 0 aliphatic heterocycles. The Morgan fingerprint density at radius 2 is 0.815 bits per heavy atom. The van der Waals surface area contributed by atoms with Gasteiger partial charge in [-0.3, -0.25) is 0 Å². The van der Waals surface area contributed by atoms with Crippen molar-refractivity contribution in [1.29, 1.82) is 0 Å². The zero-order valence-electron chi connectivity index (χ0n) is 29.7. The summed E-state index contributed by atoms with van der Waals surface area (Å²) in [5, 5.41) is 4.96. The van der Waals surface area contributed by atoms with Crippen LogP contribution in [-0.4, -0.2) is 4.57 Å². The van der Waals surface area contributed by atoms with Crippen LogP contribution in [0.2, 0.25) is 0 Å². The number of hydrogen-bond acceptors (Lipinski definition) is 1. The van der Waals surface area contributed by atoms with Gasteiger partial charge < -0.3 is 9.47 Å². The van der Waals surface area contributed by atoms with Gasteiger partial charge in [-0.15, -0.1) is 0 Å². The maximum absolute atomic E-state index is 2.37. The van der Waals surface area contributed by atoms with Crippen LogP contribution in [0.5, 0.6) is 0 Å². The van der Waals surface area contributed by atoms with E-state index in [0.717, 1.165) is 17.1 Å². The van der Waals surface area contributed by atoms with Gasteiger partial charge in [-0.05, 0) is 111 Å². The number of anilines is 3. The van der Waals surface area contributed by atoms with Crippen LogP contribution in [0.25, 0.3) is 71.6 Å². The molecule has 0 bridgehead atoms. The van der Waals surface area contributed by atoms with Crippen LogP contribution in [-0.2, 0) is 0 Å². The lowest BCUT2D eigenvalue weighted by atomic mass is 9.93. The predicted molar refractivity (Wildman–Crippen MR) is 229 cm³/mol. The molecule has 0 aliphatic carbocycles. The van der Waals surface area contributed by atoms with E-state index in [-0.39, 0.29) is 0 Å². The molecule has 0 unspecified atom stereocenters. The van der Waals surface area contributed by atoms with E-state index in [1.165, 1.54) is 71.6 Å². The molecule has 0 spiro atoms. The third-order valence-corrected chi connectivity index (χ3v) is 10.6. The first-order chi connectivity index (χ1) is 26.8. The number of fused-ring (bicyclic) bond motifs is 4. The molecule has 1 aromatic heterocycles. The minimum Gasteiger partial charge on any atom is -0.310 e. The third kappa shape index (κ3) is 5.62. The summed E-state index contributed by atoms with van der Waals surface area (Å²) in [7, 11) is 0. The summed E-state index contributed by atoms with van der Waals surface area (Å²) in [4.78, 5) is 2.35. The van der Waals surface area contributed by atoms with Crippen molar-refractivity contribution in [1.82, 2.24) is 4.57 Å². The molecule has 54 heavy (non-hydrogen) atoms. The topological polar surface area (TPSA) is 8.17 Å². The van der Waals surface area contributed by atoms with E-state index in [4.69, 9.17) is 0 Å². The van der Waals surface area contributed by atoms with Crippen molar-refractivity contribution in [3.8, 4) is 39.1 Å². The Morgan fingerprint density at radius 1 is 0.296 bits per heavy atom. The van der Waals surface area contributed by atoms with Gasteiger partial charge in [0.05, 0.1) is 11.0 Å². The number of aromatic nitrogens is 1. The number of benzene rings is 9. The normalized spacial score (nSPS) is 11.3. The number of hydrogen-bond donors (Lipinski definition) is 0. The molecule has 10 aromatic rings. The fourth-order valence-electron chi connectivity index (χ4n) is 7.97. The lowest BCUT2D eigenvalue weighted by molar-refractivity contribution is 1.18. The summed E-state index contributed by atoms with van der Waals surface area (Å²) >= 11 is 0. The minimum atomic E-state index is 1.11. The van der Waals surface area contributed by atoms with Crippen molar-refractivity contribution in [2.24, 2.45) is 0 Å². The van der Waals surface area contributed by atoms with Crippen molar-refractivity contribution >= 4 is 49.6 Å². The zero-order valence-corrected chi connectivity index (χ0v) is 29.7. The first kappa shape index (κ1) is 31.6. The molecule has 0 N–H and O–H groups in total. The Kier molecular flexibility index (Phi) is 7.85. The maximum Gasteiger partial charge on any atom is 0.0541 e. The van der Waals surface area contributed by atoms with E-state index in [2.05, 4.69) is 228 Å². The van der Waals surface area contributed by atoms with E-state index in [0.29, 0.717) is 0 Å². The first-order valence-corrected chi connectivity index (χ1v) is 18.5. The van der Waals surface area contributed by atoms with E-state index in [1.54, 1.807) is 0 Å². The Morgan fingerprint density at radius 3 is 1.56 bits per heavy atom. The van der Waals surface area contributed by atoms with Crippen LogP contribution in [0.1, 0.15) is 0 Å². The van der Waals surface area contributed by atoms with Crippen LogP contribution >= 0.6 is 0 Å². The Hall–Kier alpha value is -7.16. The van der Waals surface area contributed by atoms with Crippen LogP contribution in [0.3, 0.4) is 0 Å². The minimum absolute atomic E-state index is 1.11. The molecule has 0 aliphatic rings. The van der Waals surface area contributed by atoms with Crippen LogP contribution in [0.4, 0.5) is 17.1 Å². The monoisotopic (exact) mass is 688 g/mol. The Bertz CT molecular complexity index is 2910. The van der Waals surface area contributed by atoms with Crippen molar-refractivity contribution in [2.45, 2.75) is 0 Å². The quantitative estimate of drug-likeness (QED) is 0.162. The first-order valence-electron chi connectivity index (χ1n) is 18.5.